The van der Waals surface area contributed by atoms with Crippen LogP contribution in [0.25, 0.3) is 11.1 Å². The molecule has 1 aromatic carbocycles. The maximum Gasteiger partial charge on any atom is 0.341 e. The molecule has 0 spiro atoms. The quantitative estimate of drug-likeness (QED) is 0.525. The Morgan fingerprint density at radius 1 is 1.06 bits per heavy atom. The lowest BCUT2D eigenvalue weighted by Gasteiger charge is -2.23. The van der Waals surface area contributed by atoms with Crippen molar-refractivity contribution < 1.29 is 24.2 Å². The van der Waals surface area contributed by atoms with Gasteiger partial charge >= 0.3 is 11.9 Å². The van der Waals surface area contributed by atoms with Crippen molar-refractivity contribution in [2.75, 3.05) is 12.4 Å². The normalized spacial score (nSPS) is 23.7. The Morgan fingerprint density at radius 2 is 1.74 bits per heavy atom. The summed E-state index contributed by atoms with van der Waals surface area (Å²) in [5.74, 6) is -3.44. The summed E-state index contributed by atoms with van der Waals surface area (Å²) in [4.78, 5) is 38.6. The number of amides is 1. The van der Waals surface area contributed by atoms with E-state index in [4.69, 9.17) is 4.74 Å². The summed E-state index contributed by atoms with van der Waals surface area (Å²) in [5.41, 5.74) is 4.17. The molecule has 4 atom stereocenters. The van der Waals surface area contributed by atoms with E-state index in [-0.39, 0.29) is 17.7 Å². The Bertz CT molecular complexity index is 1120. The number of carboxylic acids is 1. The highest BCUT2D eigenvalue weighted by atomic mass is 32.1. The number of hydrogen-bond donors (Lipinski definition) is 2. The summed E-state index contributed by atoms with van der Waals surface area (Å²) in [6, 6.07) is 5.97. The number of fused-ring (bicyclic) bond motifs is 2. The second-order valence-corrected chi connectivity index (χ2v) is 9.58. The number of aliphatic carboxylic acids is 1. The van der Waals surface area contributed by atoms with Crippen LogP contribution >= 0.6 is 11.3 Å². The summed E-state index contributed by atoms with van der Waals surface area (Å²) >= 11 is 1.31. The van der Waals surface area contributed by atoms with Gasteiger partial charge in [0.1, 0.15) is 10.6 Å². The van der Waals surface area contributed by atoms with Gasteiger partial charge in [0.2, 0.25) is 5.91 Å². The smallest absolute Gasteiger partial charge is 0.341 e. The number of nitrogens with one attached hydrogen (secondary N) is 1. The first-order valence-corrected chi connectivity index (χ1v) is 11.1. The van der Waals surface area contributed by atoms with Crippen LogP contribution in [-0.4, -0.2) is 30.1 Å². The van der Waals surface area contributed by atoms with Crippen LogP contribution in [0.1, 0.15) is 32.8 Å². The number of benzene rings is 1. The molecule has 0 aliphatic heterocycles. The van der Waals surface area contributed by atoms with Crippen molar-refractivity contribution in [3.8, 4) is 11.1 Å². The Balaban J connectivity index is 1.73. The monoisotopic (exact) mass is 439 g/mol. The molecule has 162 valence electrons. The molecular weight excluding hydrogens is 414 g/mol. The minimum atomic E-state index is -0.955. The molecule has 1 fully saturated rings. The Kier molecular flexibility index (Phi) is 5.47. The van der Waals surface area contributed by atoms with Crippen LogP contribution < -0.4 is 5.32 Å². The van der Waals surface area contributed by atoms with E-state index < -0.39 is 23.8 Å². The third-order valence-electron chi connectivity index (χ3n) is 6.55. The fourth-order valence-electron chi connectivity index (χ4n) is 4.89. The number of hydrogen-bond acceptors (Lipinski definition) is 5. The number of allylic oxidation sites excluding steroid dienone is 2. The molecule has 2 aromatic rings. The van der Waals surface area contributed by atoms with Gasteiger partial charge in [0, 0.05) is 10.4 Å². The second kappa shape index (κ2) is 7.96. The molecule has 1 saturated carbocycles. The first-order chi connectivity index (χ1) is 14.7. The molecule has 6 nitrogen and oxygen atoms in total. The van der Waals surface area contributed by atoms with Crippen LogP contribution in [0, 0.1) is 44.4 Å². The Hall–Kier alpha value is -2.93. The van der Waals surface area contributed by atoms with Crippen molar-refractivity contribution in [2.24, 2.45) is 23.7 Å². The number of thiophene rings is 1. The first-order valence-electron chi connectivity index (χ1n) is 10.2. The van der Waals surface area contributed by atoms with Crippen LogP contribution in [0.15, 0.2) is 30.4 Å². The van der Waals surface area contributed by atoms with E-state index in [1.807, 2.05) is 51.1 Å². The third kappa shape index (κ3) is 3.57. The fourth-order valence-corrected chi connectivity index (χ4v) is 5.95. The van der Waals surface area contributed by atoms with Gasteiger partial charge in [-0.25, -0.2) is 4.79 Å². The van der Waals surface area contributed by atoms with Crippen LogP contribution in [0.3, 0.4) is 0 Å². The van der Waals surface area contributed by atoms with E-state index in [1.54, 1.807) is 0 Å². The van der Waals surface area contributed by atoms with E-state index in [9.17, 15) is 19.5 Å². The molecule has 2 N–H and O–H groups in total. The van der Waals surface area contributed by atoms with Gasteiger partial charge in [-0.1, -0.05) is 30.4 Å². The van der Waals surface area contributed by atoms with Crippen molar-refractivity contribution in [2.45, 2.75) is 27.2 Å². The first kappa shape index (κ1) is 21.3. The zero-order chi connectivity index (χ0) is 22.4. The number of aryl methyl sites for hydroxylation is 3. The van der Waals surface area contributed by atoms with E-state index in [1.165, 1.54) is 18.4 Å². The van der Waals surface area contributed by atoms with E-state index in [0.717, 1.165) is 27.1 Å². The SMILES string of the molecule is COC(=O)c1c(NC(=O)C2C3C=CC(C3)C2C(=O)O)sc(C)c1-c1ccc(C)c(C)c1. The van der Waals surface area contributed by atoms with Crippen LogP contribution in [0.4, 0.5) is 5.00 Å². The predicted molar refractivity (Wildman–Crippen MR) is 119 cm³/mol. The van der Waals surface area contributed by atoms with Gasteiger partial charge in [-0.15, -0.1) is 11.3 Å². The Morgan fingerprint density at radius 3 is 2.35 bits per heavy atom. The maximum absolute atomic E-state index is 13.2. The largest absolute Gasteiger partial charge is 0.481 e. The van der Waals surface area contributed by atoms with Crippen molar-refractivity contribution in [1.82, 2.24) is 0 Å². The van der Waals surface area contributed by atoms with Crippen LogP contribution in [0.2, 0.25) is 0 Å². The molecule has 2 aliphatic rings. The maximum atomic E-state index is 13.2. The van der Waals surface area contributed by atoms with Crippen molar-refractivity contribution in [1.29, 1.82) is 0 Å². The summed E-state index contributed by atoms with van der Waals surface area (Å²) in [6.45, 7) is 5.93. The highest BCUT2D eigenvalue weighted by Gasteiger charge is 2.51. The minimum Gasteiger partial charge on any atom is -0.481 e. The van der Waals surface area contributed by atoms with Gasteiger partial charge < -0.3 is 15.2 Å². The van der Waals surface area contributed by atoms with Gasteiger partial charge in [0.25, 0.3) is 0 Å². The average molecular weight is 440 g/mol. The number of carbonyl (C=O) groups excluding carboxylic acids is 2. The standard InChI is InChI=1S/C24H25NO5S/c1-11-5-6-14(9-12(11)2)17-13(3)31-22(20(17)24(29)30-4)25-21(26)18-15-7-8-16(10-15)19(18)23(27)28/h5-9,15-16,18-19H,10H2,1-4H3,(H,25,26)(H,27,28). The van der Waals surface area contributed by atoms with Crippen molar-refractivity contribution >= 4 is 34.2 Å². The number of rotatable bonds is 5. The molecule has 2 bridgehead atoms. The summed E-state index contributed by atoms with van der Waals surface area (Å²) in [5, 5.41) is 12.9. The minimum absolute atomic E-state index is 0.0899. The Labute approximate surface area is 184 Å². The number of esters is 1. The van der Waals surface area contributed by atoms with E-state index in [2.05, 4.69) is 5.32 Å². The number of carbonyl (C=O) groups is 3. The molecule has 0 radical (unpaired) electrons. The van der Waals surface area contributed by atoms with Crippen LogP contribution in [-0.2, 0) is 14.3 Å². The molecule has 1 amide bonds. The topological polar surface area (TPSA) is 92.7 Å². The van der Waals surface area contributed by atoms with Gasteiger partial charge in [0.15, 0.2) is 0 Å². The number of methoxy groups -OCH3 is 1. The lowest BCUT2D eigenvalue weighted by Crippen LogP contribution is -2.36. The van der Waals surface area contributed by atoms with Gasteiger partial charge in [-0.05, 0) is 55.7 Å². The highest BCUT2D eigenvalue weighted by Crippen LogP contribution is 2.49. The molecule has 4 rings (SSSR count). The van der Waals surface area contributed by atoms with Gasteiger partial charge in [0.05, 0.1) is 18.9 Å². The molecule has 0 saturated heterocycles. The molecule has 1 aromatic heterocycles. The van der Waals surface area contributed by atoms with E-state index >= 15 is 0 Å². The van der Waals surface area contributed by atoms with Crippen LogP contribution in [0.5, 0.6) is 0 Å². The summed E-state index contributed by atoms with van der Waals surface area (Å²) in [7, 11) is 1.31. The summed E-state index contributed by atoms with van der Waals surface area (Å²) in [6.07, 6.45) is 4.52. The molecule has 7 heteroatoms. The molecule has 1 heterocycles. The predicted octanol–water partition coefficient (Wildman–Crippen LogP) is 4.59. The lowest BCUT2D eigenvalue weighted by molar-refractivity contribution is -0.146. The summed E-state index contributed by atoms with van der Waals surface area (Å²) < 4.78 is 5.03. The zero-order valence-electron chi connectivity index (χ0n) is 17.9. The molecule has 2 aliphatic carbocycles. The number of ether oxygens (including phenoxy) is 1. The van der Waals surface area contributed by atoms with E-state index in [0.29, 0.717) is 17.0 Å². The van der Waals surface area contributed by atoms with Gasteiger partial charge in [-0.3, -0.25) is 9.59 Å². The third-order valence-corrected chi connectivity index (χ3v) is 7.57. The number of carboxylic acid groups (broad SMARTS) is 1. The molecule has 31 heavy (non-hydrogen) atoms. The van der Waals surface area contributed by atoms with Crippen molar-refractivity contribution in [3.63, 3.8) is 0 Å². The highest BCUT2D eigenvalue weighted by molar-refractivity contribution is 7.17. The fraction of sp³-hybridized carbons (Fsp3) is 0.375. The molecule has 4 unspecified atom stereocenters. The average Bonchev–Trinajstić information content (AvgIpc) is 3.42. The molecular formula is C24H25NO5S. The zero-order valence-corrected chi connectivity index (χ0v) is 18.7. The van der Waals surface area contributed by atoms with Crippen molar-refractivity contribution in [3.05, 3.63) is 51.9 Å². The lowest BCUT2D eigenvalue weighted by atomic mass is 9.82. The second-order valence-electron chi connectivity index (χ2n) is 8.36. The number of anilines is 1. The van der Waals surface area contributed by atoms with Gasteiger partial charge in [-0.2, -0.15) is 0 Å².